The SMILES string of the molecule is CCCCCCNC(=O)OC[C@H](CC(C)C)NS(=O)(=O)c1ccc(Cc2nccc3c2nc(C)n3C)cc1. The average molecular weight is 544 g/mol. The Labute approximate surface area is 226 Å². The van der Waals surface area contributed by atoms with E-state index in [1.54, 1.807) is 30.5 Å². The third kappa shape index (κ3) is 8.26. The summed E-state index contributed by atoms with van der Waals surface area (Å²) in [5.74, 6) is 1.13. The molecule has 3 rings (SSSR count). The number of sulfonamides is 1. The van der Waals surface area contributed by atoms with Gasteiger partial charge in [-0.05, 0) is 49.4 Å². The van der Waals surface area contributed by atoms with Crippen molar-refractivity contribution in [1.82, 2.24) is 24.6 Å². The summed E-state index contributed by atoms with van der Waals surface area (Å²) in [6.45, 7) is 8.61. The average Bonchev–Trinajstić information content (AvgIpc) is 3.16. The van der Waals surface area contributed by atoms with Gasteiger partial charge in [-0.15, -0.1) is 0 Å². The highest BCUT2D eigenvalue weighted by atomic mass is 32.2. The van der Waals surface area contributed by atoms with Crippen molar-refractivity contribution in [3.8, 4) is 0 Å². The molecule has 9 nitrogen and oxygen atoms in total. The molecule has 3 aromatic rings. The lowest BCUT2D eigenvalue weighted by atomic mass is 10.1. The maximum atomic E-state index is 13.1. The first-order chi connectivity index (χ1) is 18.1. The van der Waals surface area contributed by atoms with Crippen LogP contribution in [0.15, 0.2) is 41.4 Å². The van der Waals surface area contributed by atoms with Crippen molar-refractivity contribution in [2.45, 2.75) is 77.2 Å². The molecule has 2 aromatic heterocycles. The van der Waals surface area contributed by atoms with E-state index in [0.29, 0.717) is 19.4 Å². The summed E-state index contributed by atoms with van der Waals surface area (Å²) in [4.78, 5) is 21.4. The van der Waals surface area contributed by atoms with E-state index in [9.17, 15) is 13.2 Å². The van der Waals surface area contributed by atoms with Crippen molar-refractivity contribution in [2.75, 3.05) is 13.2 Å². The molecule has 0 fully saturated rings. The number of aromatic nitrogens is 3. The number of nitrogens with zero attached hydrogens (tertiary/aromatic N) is 3. The van der Waals surface area contributed by atoms with Crippen molar-refractivity contribution in [3.05, 3.63) is 53.6 Å². The van der Waals surface area contributed by atoms with Gasteiger partial charge in [0.05, 0.1) is 22.1 Å². The van der Waals surface area contributed by atoms with Gasteiger partial charge in [0.15, 0.2) is 0 Å². The first kappa shape index (κ1) is 29.6. The lowest BCUT2D eigenvalue weighted by molar-refractivity contribution is 0.133. The molecule has 10 heteroatoms. The van der Waals surface area contributed by atoms with Gasteiger partial charge in [0.1, 0.15) is 17.9 Å². The fourth-order valence-corrected chi connectivity index (χ4v) is 5.61. The number of carbonyl (C=O) groups is 1. The second-order valence-corrected chi connectivity index (χ2v) is 11.9. The molecule has 208 valence electrons. The van der Waals surface area contributed by atoms with Gasteiger partial charge < -0.3 is 14.6 Å². The smallest absolute Gasteiger partial charge is 0.407 e. The molecule has 2 N–H and O–H groups in total. The summed E-state index contributed by atoms with van der Waals surface area (Å²) in [7, 11) is -1.83. The Balaban J connectivity index is 1.62. The Morgan fingerprint density at radius 3 is 2.53 bits per heavy atom. The molecular formula is C28H41N5O4S. The normalized spacial score (nSPS) is 12.7. The molecule has 0 aliphatic heterocycles. The van der Waals surface area contributed by atoms with Gasteiger partial charge in [0.25, 0.3) is 0 Å². The van der Waals surface area contributed by atoms with Gasteiger partial charge in [0, 0.05) is 26.2 Å². The second kappa shape index (κ2) is 13.7. The van der Waals surface area contributed by atoms with Crippen LogP contribution in [0.1, 0.15) is 70.0 Å². The third-order valence-corrected chi connectivity index (χ3v) is 8.03. The molecule has 0 saturated carbocycles. The van der Waals surface area contributed by atoms with Crippen LogP contribution in [0.25, 0.3) is 11.0 Å². The highest BCUT2D eigenvalue weighted by Gasteiger charge is 2.22. The number of amides is 1. The van der Waals surface area contributed by atoms with Gasteiger partial charge in [-0.1, -0.05) is 52.2 Å². The summed E-state index contributed by atoms with van der Waals surface area (Å²) in [6.07, 6.45) is 6.54. The third-order valence-electron chi connectivity index (χ3n) is 6.50. The van der Waals surface area contributed by atoms with Crippen LogP contribution in [0.4, 0.5) is 4.79 Å². The van der Waals surface area contributed by atoms with E-state index in [1.165, 1.54) is 0 Å². The monoisotopic (exact) mass is 543 g/mol. The van der Waals surface area contributed by atoms with Gasteiger partial charge in [0.2, 0.25) is 10.0 Å². The van der Waals surface area contributed by atoms with Crippen LogP contribution in [0.2, 0.25) is 0 Å². The van der Waals surface area contributed by atoms with Crippen LogP contribution in [-0.4, -0.2) is 48.2 Å². The number of aryl methyl sites for hydroxylation is 2. The highest BCUT2D eigenvalue weighted by molar-refractivity contribution is 7.89. The zero-order valence-corrected chi connectivity index (χ0v) is 24.0. The number of fused-ring (bicyclic) bond motifs is 1. The molecular weight excluding hydrogens is 502 g/mol. The van der Waals surface area contributed by atoms with E-state index in [0.717, 1.165) is 53.8 Å². The van der Waals surface area contributed by atoms with Crippen LogP contribution in [-0.2, 0) is 28.2 Å². The number of pyridine rings is 1. The first-order valence-corrected chi connectivity index (χ1v) is 14.9. The van der Waals surface area contributed by atoms with E-state index >= 15 is 0 Å². The Morgan fingerprint density at radius 2 is 1.84 bits per heavy atom. The van der Waals surface area contributed by atoms with Gasteiger partial charge in [-0.2, -0.15) is 0 Å². The minimum atomic E-state index is -3.80. The van der Waals surface area contributed by atoms with Crippen LogP contribution >= 0.6 is 0 Å². The molecule has 0 radical (unpaired) electrons. The summed E-state index contributed by atoms with van der Waals surface area (Å²) in [5.41, 5.74) is 3.65. The Kier molecular flexibility index (Phi) is 10.7. The van der Waals surface area contributed by atoms with E-state index in [2.05, 4.69) is 26.9 Å². The maximum absolute atomic E-state index is 13.1. The quantitative estimate of drug-likeness (QED) is 0.281. The number of carbonyl (C=O) groups excluding carboxylic acids is 1. The molecule has 0 aliphatic rings. The number of benzene rings is 1. The maximum Gasteiger partial charge on any atom is 0.407 e. The molecule has 0 saturated heterocycles. The van der Waals surface area contributed by atoms with Gasteiger partial charge in [-0.3, -0.25) is 4.98 Å². The van der Waals surface area contributed by atoms with Crippen LogP contribution in [0.3, 0.4) is 0 Å². The minimum absolute atomic E-state index is 0.0323. The lowest BCUT2D eigenvalue weighted by Gasteiger charge is -2.21. The summed E-state index contributed by atoms with van der Waals surface area (Å²) < 4.78 is 36.3. The fraction of sp³-hybridized carbons (Fsp3) is 0.536. The van der Waals surface area contributed by atoms with E-state index in [4.69, 9.17) is 4.74 Å². The van der Waals surface area contributed by atoms with E-state index in [-0.39, 0.29) is 17.4 Å². The number of imidazole rings is 1. The summed E-state index contributed by atoms with van der Waals surface area (Å²) >= 11 is 0. The van der Waals surface area contributed by atoms with Crippen LogP contribution in [0, 0.1) is 12.8 Å². The Hall–Kier alpha value is -2.98. The number of nitrogens with one attached hydrogen (secondary N) is 2. The molecule has 1 atom stereocenters. The number of ether oxygens (including phenoxy) is 1. The van der Waals surface area contributed by atoms with Crippen molar-refractivity contribution < 1.29 is 17.9 Å². The van der Waals surface area contributed by atoms with Crippen molar-refractivity contribution in [3.63, 3.8) is 0 Å². The Bertz CT molecular complexity index is 1300. The number of unbranched alkanes of at least 4 members (excludes halogenated alkanes) is 3. The van der Waals surface area contributed by atoms with E-state index < -0.39 is 22.2 Å². The van der Waals surface area contributed by atoms with Crippen LogP contribution in [0.5, 0.6) is 0 Å². The number of hydrogen-bond donors (Lipinski definition) is 2. The lowest BCUT2D eigenvalue weighted by Crippen LogP contribution is -2.40. The zero-order valence-electron chi connectivity index (χ0n) is 23.2. The number of hydrogen-bond acceptors (Lipinski definition) is 6. The molecule has 0 aliphatic carbocycles. The molecule has 0 bridgehead atoms. The molecule has 2 heterocycles. The largest absolute Gasteiger partial charge is 0.448 e. The van der Waals surface area contributed by atoms with Crippen molar-refractivity contribution in [2.24, 2.45) is 13.0 Å². The number of alkyl carbamates (subject to hydrolysis) is 1. The molecule has 0 unspecified atom stereocenters. The topological polar surface area (TPSA) is 115 Å². The van der Waals surface area contributed by atoms with Crippen LogP contribution < -0.4 is 10.0 Å². The van der Waals surface area contributed by atoms with Gasteiger partial charge >= 0.3 is 6.09 Å². The molecule has 1 amide bonds. The second-order valence-electron chi connectivity index (χ2n) is 10.2. The highest BCUT2D eigenvalue weighted by Crippen LogP contribution is 2.21. The summed E-state index contributed by atoms with van der Waals surface area (Å²) in [5, 5.41) is 2.74. The van der Waals surface area contributed by atoms with Crippen molar-refractivity contribution in [1.29, 1.82) is 0 Å². The minimum Gasteiger partial charge on any atom is -0.448 e. The van der Waals surface area contributed by atoms with Gasteiger partial charge in [-0.25, -0.2) is 22.9 Å². The fourth-order valence-electron chi connectivity index (χ4n) is 4.37. The predicted molar refractivity (Wildman–Crippen MR) is 150 cm³/mol. The predicted octanol–water partition coefficient (Wildman–Crippen LogP) is 4.87. The van der Waals surface area contributed by atoms with Crippen molar-refractivity contribution >= 4 is 27.1 Å². The Morgan fingerprint density at radius 1 is 1.11 bits per heavy atom. The van der Waals surface area contributed by atoms with E-state index in [1.807, 2.05) is 38.5 Å². The zero-order chi connectivity index (χ0) is 27.7. The molecule has 38 heavy (non-hydrogen) atoms. The summed E-state index contributed by atoms with van der Waals surface area (Å²) in [6, 6.07) is 8.19. The number of rotatable bonds is 14. The standard InChI is InChI=1S/C28H41N5O4S/c1-6-7-8-9-15-30-28(34)37-19-23(17-20(2)3)32-38(35,36)24-12-10-22(11-13-24)18-25-27-26(14-16-29-25)33(5)21(4)31-27/h10-14,16,20,23,32H,6-9,15,17-19H2,1-5H3,(H,30,34)/t23-/m0/s1. The molecule has 0 spiro atoms. The first-order valence-electron chi connectivity index (χ1n) is 13.4. The molecule has 1 aromatic carbocycles.